The molecule has 0 aliphatic heterocycles. The molecule has 8 heteroatoms. The first-order valence-electron chi connectivity index (χ1n) is 6.57. The van der Waals surface area contributed by atoms with Crippen LogP contribution in [0.5, 0.6) is 0 Å². The SMILES string of the molecule is CC(NC(=O)c1ccc(S(N)(=O)=O)cc1)c1ccc(Cl)cc1Cl. The van der Waals surface area contributed by atoms with Gasteiger partial charge < -0.3 is 5.32 Å². The van der Waals surface area contributed by atoms with E-state index in [-0.39, 0.29) is 16.8 Å². The van der Waals surface area contributed by atoms with Gasteiger partial charge >= 0.3 is 0 Å². The summed E-state index contributed by atoms with van der Waals surface area (Å²) in [6.45, 7) is 1.78. The number of nitrogens with two attached hydrogens (primary N) is 1. The van der Waals surface area contributed by atoms with Crippen molar-refractivity contribution in [3.05, 3.63) is 63.6 Å². The number of nitrogens with one attached hydrogen (secondary N) is 1. The van der Waals surface area contributed by atoms with Gasteiger partial charge in [0.2, 0.25) is 10.0 Å². The second-order valence-corrected chi connectivity index (χ2v) is 7.34. The van der Waals surface area contributed by atoms with Gasteiger partial charge in [-0.25, -0.2) is 13.6 Å². The molecule has 0 fully saturated rings. The number of hydrogen-bond donors (Lipinski definition) is 2. The van der Waals surface area contributed by atoms with Gasteiger partial charge in [0.15, 0.2) is 0 Å². The molecule has 0 bridgehead atoms. The van der Waals surface area contributed by atoms with Crippen LogP contribution >= 0.6 is 23.2 Å². The molecule has 2 rings (SSSR count). The van der Waals surface area contributed by atoms with E-state index < -0.39 is 10.0 Å². The number of carbonyl (C=O) groups is 1. The largest absolute Gasteiger partial charge is 0.345 e. The summed E-state index contributed by atoms with van der Waals surface area (Å²) in [5.41, 5.74) is 1.04. The van der Waals surface area contributed by atoms with Gasteiger partial charge in [0.05, 0.1) is 10.9 Å². The zero-order chi connectivity index (χ0) is 17.2. The zero-order valence-electron chi connectivity index (χ0n) is 12.1. The number of sulfonamides is 1. The first kappa shape index (κ1) is 17.7. The Morgan fingerprint density at radius 3 is 2.26 bits per heavy atom. The molecule has 0 aliphatic carbocycles. The highest BCUT2D eigenvalue weighted by Crippen LogP contribution is 2.26. The van der Waals surface area contributed by atoms with Crippen molar-refractivity contribution in [2.75, 3.05) is 0 Å². The molecule has 0 spiro atoms. The number of benzene rings is 2. The summed E-state index contributed by atoms with van der Waals surface area (Å²) in [6, 6.07) is 10.0. The van der Waals surface area contributed by atoms with Gasteiger partial charge in [-0.1, -0.05) is 29.3 Å². The van der Waals surface area contributed by atoms with Crippen LogP contribution in [0.2, 0.25) is 10.0 Å². The van der Waals surface area contributed by atoms with Gasteiger partial charge in [0, 0.05) is 15.6 Å². The second kappa shape index (κ2) is 6.88. The Bertz CT molecular complexity index is 836. The van der Waals surface area contributed by atoms with Gasteiger partial charge in [-0.3, -0.25) is 4.79 Å². The molecule has 0 aliphatic rings. The van der Waals surface area contributed by atoms with E-state index in [1.807, 2.05) is 0 Å². The highest BCUT2D eigenvalue weighted by Gasteiger charge is 2.15. The van der Waals surface area contributed by atoms with Gasteiger partial charge in [-0.2, -0.15) is 0 Å². The number of carbonyl (C=O) groups excluding carboxylic acids is 1. The van der Waals surface area contributed by atoms with Crippen LogP contribution in [0.4, 0.5) is 0 Å². The lowest BCUT2D eigenvalue weighted by atomic mass is 10.1. The van der Waals surface area contributed by atoms with E-state index in [1.54, 1.807) is 25.1 Å². The maximum absolute atomic E-state index is 12.2. The van der Waals surface area contributed by atoms with E-state index in [2.05, 4.69) is 5.32 Å². The standard InChI is InChI=1S/C15H14Cl2N2O3S/c1-9(13-7-4-11(16)8-14(13)17)19-15(20)10-2-5-12(6-3-10)23(18,21)22/h2-9H,1H3,(H,19,20)(H2,18,21,22). The molecule has 122 valence electrons. The van der Waals surface area contributed by atoms with E-state index in [0.29, 0.717) is 15.6 Å². The summed E-state index contributed by atoms with van der Waals surface area (Å²) in [5, 5.41) is 8.76. The molecule has 3 N–H and O–H groups in total. The molecular formula is C15H14Cl2N2O3S. The third kappa shape index (κ3) is 4.45. The van der Waals surface area contributed by atoms with Crippen molar-refractivity contribution >= 4 is 39.1 Å². The maximum atomic E-state index is 12.2. The Kier molecular flexibility index (Phi) is 5.31. The first-order valence-corrected chi connectivity index (χ1v) is 8.87. The Morgan fingerprint density at radius 1 is 1.13 bits per heavy atom. The Morgan fingerprint density at radius 2 is 1.74 bits per heavy atom. The highest BCUT2D eigenvalue weighted by molar-refractivity contribution is 7.89. The molecule has 1 unspecified atom stereocenters. The van der Waals surface area contributed by atoms with Crippen LogP contribution in [0, 0.1) is 0 Å². The molecule has 5 nitrogen and oxygen atoms in total. The fourth-order valence-electron chi connectivity index (χ4n) is 2.01. The zero-order valence-corrected chi connectivity index (χ0v) is 14.4. The van der Waals surface area contributed by atoms with Crippen LogP contribution in [-0.4, -0.2) is 14.3 Å². The topological polar surface area (TPSA) is 89.3 Å². The van der Waals surface area contributed by atoms with Gasteiger partial charge in [0.1, 0.15) is 0 Å². The van der Waals surface area contributed by atoms with Crippen LogP contribution in [0.25, 0.3) is 0 Å². The molecule has 0 saturated carbocycles. The van der Waals surface area contributed by atoms with Crippen LogP contribution < -0.4 is 10.5 Å². The van der Waals surface area contributed by atoms with Crippen molar-refractivity contribution in [2.24, 2.45) is 5.14 Å². The van der Waals surface area contributed by atoms with Crippen LogP contribution in [0.15, 0.2) is 47.4 Å². The minimum absolute atomic E-state index is 0.0529. The van der Waals surface area contributed by atoms with Gasteiger partial charge in [-0.15, -0.1) is 0 Å². The number of primary sulfonamides is 1. The molecule has 0 radical (unpaired) electrons. The highest BCUT2D eigenvalue weighted by atomic mass is 35.5. The average molecular weight is 373 g/mol. The van der Waals surface area contributed by atoms with Crippen molar-refractivity contribution in [1.29, 1.82) is 0 Å². The van der Waals surface area contributed by atoms with Crippen molar-refractivity contribution in [3.8, 4) is 0 Å². The number of amides is 1. The quantitative estimate of drug-likeness (QED) is 0.863. The lowest BCUT2D eigenvalue weighted by Crippen LogP contribution is -2.26. The van der Waals surface area contributed by atoms with Crippen molar-refractivity contribution in [3.63, 3.8) is 0 Å². The smallest absolute Gasteiger partial charge is 0.251 e. The van der Waals surface area contributed by atoms with Crippen LogP contribution in [0.1, 0.15) is 28.9 Å². The molecule has 23 heavy (non-hydrogen) atoms. The number of halogens is 2. The molecular weight excluding hydrogens is 359 g/mol. The summed E-state index contributed by atoms with van der Waals surface area (Å²) >= 11 is 12.0. The molecule has 2 aromatic rings. The van der Waals surface area contributed by atoms with Crippen LogP contribution in [-0.2, 0) is 10.0 Å². The second-order valence-electron chi connectivity index (χ2n) is 4.93. The average Bonchev–Trinajstić information content (AvgIpc) is 2.46. The van der Waals surface area contributed by atoms with E-state index in [9.17, 15) is 13.2 Å². The Balaban J connectivity index is 2.15. The van der Waals surface area contributed by atoms with Crippen LogP contribution in [0.3, 0.4) is 0 Å². The molecule has 2 aromatic carbocycles. The summed E-state index contributed by atoms with van der Waals surface area (Å²) in [4.78, 5) is 12.2. The fraction of sp³-hybridized carbons (Fsp3) is 0.133. The third-order valence-electron chi connectivity index (χ3n) is 3.22. The summed E-state index contributed by atoms with van der Waals surface area (Å²) in [7, 11) is -3.78. The molecule has 1 amide bonds. The van der Waals surface area contributed by atoms with Gasteiger partial charge in [-0.05, 0) is 48.9 Å². The van der Waals surface area contributed by atoms with E-state index in [1.165, 1.54) is 24.3 Å². The lowest BCUT2D eigenvalue weighted by molar-refractivity contribution is 0.0940. The summed E-state index contributed by atoms with van der Waals surface area (Å²) in [6.07, 6.45) is 0. The minimum Gasteiger partial charge on any atom is -0.345 e. The van der Waals surface area contributed by atoms with Gasteiger partial charge in [0.25, 0.3) is 5.91 Å². The Hall–Kier alpha value is -1.60. The van der Waals surface area contributed by atoms with E-state index in [4.69, 9.17) is 28.3 Å². The normalized spacial score (nSPS) is 12.7. The maximum Gasteiger partial charge on any atom is 0.251 e. The molecule has 1 atom stereocenters. The summed E-state index contributed by atoms with van der Waals surface area (Å²) < 4.78 is 22.4. The van der Waals surface area contributed by atoms with E-state index >= 15 is 0 Å². The van der Waals surface area contributed by atoms with Crippen molar-refractivity contribution in [2.45, 2.75) is 17.9 Å². The molecule has 0 saturated heterocycles. The Labute approximate surface area is 144 Å². The van der Waals surface area contributed by atoms with Crippen molar-refractivity contribution < 1.29 is 13.2 Å². The van der Waals surface area contributed by atoms with E-state index in [0.717, 1.165) is 5.56 Å². The summed E-state index contributed by atoms with van der Waals surface area (Å²) in [5.74, 6) is -0.357. The molecule has 0 heterocycles. The van der Waals surface area contributed by atoms with Crippen molar-refractivity contribution in [1.82, 2.24) is 5.32 Å². The lowest BCUT2D eigenvalue weighted by Gasteiger charge is -2.16. The predicted molar refractivity (Wildman–Crippen MR) is 90.2 cm³/mol. The predicted octanol–water partition coefficient (Wildman–Crippen LogP) is 3.13. The monoisotopic (exact) mass is 372 g/mol. The third-order valence-corrected chi connectivity index (χ3v) is 4.71. The number of hydrogen-bond acceptors (Lipinski definition) is 3. The minimum atomic E-state index is -3.78. The number of rotatable bonds is 4. The first-order chi connectivity index (χ1) is 10.7. The molecule has 0 aromatic heterocycles. The fourth-order valence-corrected chi connectivity index (χ4v) is 3.09.